The molecule has 0 radical (unpaired) electrons. The first-order valence-electron chi connectivity index (χ1n) is 10.7. The fraction of sp³-hybridized carbons (Fsp3) is 0.700. The molecule has 0 heterocycles. The van der Waals surface area contributed by atoms with Crippen molar-refractivity contribution >= 4 is 35.9 Å². The van der Waals surface area contributed by atoms with Crippen LogP contribution in [0.4, 0.5) is 0 Å². The lowest BCUT2D eigenvalue weighted by atomic mass is 10.0. The molecule has 0 bridgehead atoms. The molecular formula is C20H36N6O7. The van der Waals surface area contributed by atoms with E-state index in [0.29, 0.717) is 32.1 Å². The number of aliphatic carboxylic acids is 1. The third-order valence-corrected chi connectivity index (χ3v) is 4.57. The standard InChI is InChI=1S/C20H36N6O7/c1-11(2)7-14(19(32)24-12(10-27)5-3-4-6-21)26-20(33)15(9-17(29)30)25-18(31)13(22)8-16(23)28/h10-15H,3-9,21-22H2,1-2H3,(H2,23,28)(H,24,32)(H,25,31)(H,26,33)(H,29,30)/t12-,13-,14-,15-/m0/s1. The molecule has 0 aromatic rings. The van der Waals surface area contributed by atoms with Gasteiger partial charge in [0.2, 0.25) is 23.6 Å². The third kappa shape index (κ3) is 13.2. The van der Waals surface area contributed by atoms with Crippen LogP contribution in [-0.2, 0) is 28.8 Å². The van der Waals surface area contributed by atoms with Gasteiger partial charge in [-0.05, 0) is 38.1 Å². The minimum absolute atomic E-state index is 0.0375. The van der Waals surface area contributed by atoms with E-state index in [1.165, 1.54) is 0 Å². The van der Waals surface area contributed by atoms with Crippen molar-refractivity contribution in [3.05, 3.63) is 0 Å². The van der Waals surface area contributed by atoms with Gasteiger partial charge in [0.1, 0.15) is 18.4 Å². The summed E-state index contributed by atoms with van der Waals surface area (Å²) in [6.45, 7) is 4.07. The van der Waals surface area contributed by atoms with E-state index in [2.05, 4.69) is 16.0 Å². The Morgan fingerprint density at radius 3 is 1.97 bits per heavy atom. The highest BCUT2D eigenvalue weighted by molar-refractivity contribution is 5.96. The second-order valence-corrected chi connectivity index (χ2v) is 8.16. The largest absolute Gasteiger partial charge is 0.481 e. The number of hydrogen-bond acceptors (Lipinski definition) is 8. The molecule has 33 heavy (non-hydrogen) atoms. The fourth-order valence-corrected chi connectivity index (χ4v) is 2.91. The van der Waals surface area contributed by atoms with Crippen molar-refractivity contribution in [3.8, 4) is 0 Å². The highest BCUT2D eigenvalue weighted by Gasteiger charge is 2.31. The molecule has 0 aliphatic rings. The Morgan fingerprint density at radius 1 is 0.909 bits per heavy atom. The molecule has 0 spiro atoms. The second-order valence-electron chi connectivity index (χ2n) is 8.16. The molecule has 0 saturated carbocycles. The Morgan fingerprint density at radius 2 is 1.48 bits per heavy atom. The smallest absolute Gasteiger partial charge is 0.305 e. The van der Waals surface area contributed by atoms with Crippen molar-refractivity contribution in [2.24, 2.45) is 23.1 Å². The van der Waals surface area contributed by atoms with Crippen molar-refractivity contribution in [2.75, 3.05) is 6.54 Å². The first kappa shape index (κ1) is 29.9. The summed E-state index contributed by atoms with van der Waals surface area (Å²) in [4.78, 5) is 71.0. The molecule has 0 aromatic heterocycles. The number of aldehydes is 1. The number of nitrogens with two attached hydrogens (primary N) is 3. The molecular weight excluding hydrogens is 436 g/mol. The van der Waals surface area contributed by atoms with Gasteiger partial charge in [-0.1, -0.05) is 13.8 Å². The number of nitrogens with one attached hydrogen (secondary N) is 3. The van der Waals surface area contributed by atoms with Crippen molar-refractivity contribution in [1.82, 2.24) is 16.0 Å². The summed E-state index contributed by atoms with van der Waals surface area (Å²) in [5.74, 6) is -4.76. The summed E-state index contributed by atoms with van der Waals surface area (Å²) in [6.07, 6.45) is 1.19. The summed E-state index contributed by atoms with van der Waals surface area (Å²) >= 11 is 0. The number of carbonyl (C=O) groups is 6. The van der Waals surface area contributed by atoms with E-state index in [9.17, 15) is 28.8 Å². The first-order chi connectivity index (χ1) is 15.4. The van der Waals surface area contributed by atoms with Gasteiger partial charge < -0.3 is 43.1 Å². The van der Waals surface area contributed by atoms with Crippen molar-refractivity contribution < 1.29 is 33.9 Å². The number of primary amides is 1. The monoisotopic (exact) mass is 472 g/mol. The van der Waals surface area contributed by atoms with Crippen molar-refractivity contribution in [3.63, 3.8) is 0 Å². The summed E-state index contributed by atoms with van der Waals surface area (Å²) in [5, 5.41) is 16.3. The number of rotatable bonds is 17. The van der Waals surface area contributed by atoms with E-state index < -0.39 is 66.6 Å². The van der Waals surface area contributed by atoms with E-state index in [1.807, 2.05) is 13.8 Å². The molecule has 188 valence electrons. The Hall–Kier alpha value is -3.06. The minimum atomic E-state index is -1.55. The maximum atomic E-state index is 12.7. The fourth-order valence-electron chi connectivity index (χ4n) is 2.91. The molecule has 13 nitrogen and oxygen atoms in total. The predicted molar refractivity (Wildman–Crippen MR) is 118 cm³/mol. The van der Waals surface area contributed by atoms with Crippen molar-refractivity contribution in [2.45, 2.75) is 76.5 Å². The topological polar surface area (TPSA) is 237 Å². The van der Waals surface area contributed by atoms with Crippen LogP contribution in [0.3, 0.4) is 0 Å². The van der Waals surface area contributed by atoms with Crippen LogP contribution in [0.15, 0.2) is 0 Å². The third-order valence-electron chi connectivity index (χ3n) is 4.57. The summed E-state index contributed by atoms with van der Waals surface area (Å²) in [6, 6.07) is -4.77. The number of amides is 4. The lowest BCUT2D eigenvalue weighted by Crippen LogP contribution is -2.57. The van der Waals surface area contributed by atoms with Crippen LogP contribution < -0.4 is 33.2 Å². The normalized spacial score (nSPS) is 14.5. The minimum Gasteiger partial charge on any atom is -0.481 e. The number of carbonyl (C=O) groups excluding carboxylic acids is 5. The lowest BCUT2D eigenvalue weighted by molar-refractivity contribution is -0.141. The molecule has 0 unspecified atom stereocenters. The molecule has 0 aromatic carbocycles. The maximum absolute atomic E-state index is 12.7. The van der Waals surface area contributed by atoms with Gasteiger partial charge in [0.15, 0.2) is 0 Å². The SMILES string of the molecule is CC(C)C[C@H](NC(=O)[C@H](CC(=O)O)NC(=O)[C@@H](N)CC(N)=O)C(=O)N[C@H](C=O)CCCCN. The molecule has 0 aliphatic heterocycles. The molecule has 10 N–H and O–H groups in total. The number of carboxylic acids is 1. The molecule has 0 fully saturated rings. The lowest BCUT2D eigenvalue weighted by Gasteiger charge is -2.25. The number of carboxylic acid groups (broad SMARTS) is 1. The summed E-state index contributed by atoms with van der Waals surface area (Å²) in [5.41, 5.74) is 16.0. The Balaban J connectivity index is 5.38. The molecule has 13 heteroatoms. The molecule has 4 atom stereocenters. The van der Waals surface area contributed by atoms with E-state index >= 15 is 0 Å². The van der Waals surface area contributed by atoms with Gasteiger partial charge in [0, 0.05) is 0 Å². The van der Waals surface area contributed by atoms with Crippen molar-refractivity contribution in [1.29, 1.82) is 0 Å². The van der Waals surface area contributed by atoms with Gasteiger partial charge >= 0.3 is 5.97 Å². The molecule has 0 saturated heterocycles. The van der Waals surface area contributed by atoms with Crippen LogP contribution >= 0.6 is 0 Å². The van der Waals surface area contributed by atoms with E-state index in [4.69, 9.17) is 22.3 Å². The van der Waals surface area contributed by atoms with E-state index in [-0.39, 0.29) is 12.3 Å². The number of hydrogen-bond donors (Lipinski definition) is 7. The Kier molecular flexibility index (Phi) is 14.2. The highest BCUT2D eigenvalue weighted by atomic mass is 16.4. The quantitative estimate of drug-likeness (QED) is 0.0872. The molecule has 4 amide bonds. The highest BCUT2D eigenvalue weighted by Crippen LogP contribution is 2.08. The van der Waals surface area contributed by atoms with E-state index in [0.717, 1.165) is 0 Å². The Bertz CT molecular complexity index is 700. The average Bonchev–Trinajstić information content (AvgIpc) is 2.70. The van der Waals surface area contributed by atoms with Crippen LogP contribution in [0.1, 0.15) is 52.4 Å². The van der Waals surface area contributed by atoms with Crippen LogP contribution in [0, 0.1) is 5.92 Å². The van der Waals surface area contributed by atoms with Gasteiger partial charge in [0.05, 0.1) is 24.9 Å². The molecule has 0 aliphatic carbocycles. The van der Waals surface area contributed by atoms with Crippen LogP contribution in [-0.4, -0.2) is 71.7 Å². The average molecular weight is 473 g/mol. The van der Waals surface area contributed by atoms with Gasteiger partial charge in [-0.3, -0.25) is 24.0 Å². The van der Waals surface area contributed by atoms with Gasteiger partial charge in [-0.25, -0.2) is 0 Å². The zero-order valence-corrected chi connectivity index (χ0v) is 19.0. The van der Waals surface area contributed by atoms with Gasteiger partial charge in [0.25, 0.3) is 0 Å². The van der Waals surface area contributed by atoms with Crippen LogP contribution in [0.5, 0.6) is 0 Å². The summed E-state index contributed by atoms with van der Waals surface area (Å²) < 4.78 is 0. The number of unbranched alkanes of at least 4 members (excludes halogenated alkanes) is 1. The van der Waals surface area contributed by atoms with Gasteiger partial charge in [-0.15, -0.1) is 0 Å². The van der Waals surface area contributed by atoms with Crippen LogP contribution in [0.2, 0.25) is 0 Å². The Labute approximate surface area is 192 Å². The predicted octanol–water partition coefficient (Wildman–Crippen LogP) is -2.51. The molecule has 0 rings (SSSR count). The van der Waals surface area contributed by atoms with Gasteiger partial charge in [-0.2, -0.15) is 0 Å². The summed E-state index contributed by atoms with van der Waals surface area (Å²) in [7, 11) is 0. The maximum Gasteiger partial charge on any atom is 0.305 e. The van der Waals surface area contributed by atoms with E-state index in [1.54, 1.807) is 0 Å². The zero-order valence-electron chi connectivity index (χ0n) is 19.0. The second kappa shape index (κ2) is 15.7. The zero-order chi connectivity index (χ0) is 25.6. The van der Waals surface area contributed by atoms with Crippen LogP contribution in [0.25, 0.3) is 0 Å². The first-order valence-corrected chi connectivity index (χ1v) is 10.7.